The van der Waals surface area contributed by atoms with E-state index in [1.807, 2.05) is 10.0 Å². The third-order valence-corrected chi connectivity index (χ3v) is 5.37. The van der Waals surface area contributed by atoms with Crippen molar-refractivity contribution in [2.45, 2.75) is 46.2 Å². The number of hydrogen-bond acceptors (Lipinski definition) is 8. The lowest BCUT2D eigenvalue weighted by Gasteiger charge is -2.35. The minimum absolute atomic E-state index is 0.00271. The van der Waals surface area contributed by atoms with Gasteiger partial charge in [-0.05, 0) is 33.1 Å². The first-order valence-electron chi connectivity index (χ1n) is 11.1. The standard InChI is InChI=1S/C21H34N6O6/c1-16-14-24(20(32)22-18(16)30)8-10-26(6-3-4-12-28)27(7-5-13-29)11-9-25-15-17(2)19(31)23-21(25)33/h14-15,28-29H,3-13H2,1-2H3,(H,22,30,32)(H,23,31,33). The van der Waals surface area contributed by atoms with E-state index >= 15 is 0 Å². The molecular formula is C21H34N6O6. The highest BCUT2D eigenvalue weighted by Crippen LogP contribution is 2.05. The summed E-state index contributed by atoms with van der Waals surface area (Å²) in [7, 11) is 0. The largest absolute Gasteiger partial charge is 0.396 e. The second-order valence-corrected chi connectivity index (χ2v) is 7.94. The van der Waals surface area contributed by atoms with Crippen LogP contribution in [0, 0.1) is 13.8 Å². The van der Waals surface area contributed by atoms with Crippen molar-refractivity contribution in [3.05, 3.63) is 65.2 Å². The van der Waals surface area contributed by atoms with Crippen molar-refractivity contribution in [1.29, 1.82) is 0 Å². The second kappa shape index (κ2) is 13.0. The molecular weight excluding hydrogens is 432 g/mol. The van der Waals surface area contributed by atoms with Gasteiger partial charge in [0, 0.05) is 76.0 Å². The number of hydrogen-bond donors (Lipinski definition) is 4. The van der Waals surface area contributed by atoms with Crippen LogP contribution in [0.1, 0.15) is 30.4 Å². The van der Waals surface area contributed by atoms with Gasteiger partial charge in [0.2, 0.25) is 0 Å². The fourth-order valence-electron chi connectivity index (χ4n) is 3.46. The van der Waals surface area contributed by atoms with Gasteiger partial charge in [0.1, 0.15) is 0 Å². The van der Waals surface area contributed by atoms with Gasteiger partial charge in [0.15, 0.2) is 0 Å². The van der Waals surface area contributed by atoms with Gasteiger partial charge in [-0.2, -0.15) is 0 Å². The highest BCUT2D eigenvalue weighted by atomic mass is 16.3. The van der Waals surface area contributed by atoms with Crippen LogP contribution in [0.3, 0.4) is 0 Å². The molecule has 0 aliphatic carbocycles. The van der Waals surface area contributed by atoms with Crippen molar-refractivity contribution in [1.82, 2.24) is 29.1 Å². The van der Waals surface area contributed by atoms with Crippen LogP contribution in [0.4, 0.5) is 0 Å². The molecule has 4 N–H and O–H groups in total. The van der Waals surface area contributed by atoms with Crippen LogP contribution < -0.4 is 22.5 Å². The fraction of sp³-hybridized carbons (Fsp3) is 0.619. The molecule has 0 unspecified atom stereocenters. The number of hydrazine groups is 1. The maximum atomic E-state index is 12.2. The van der Waals surface area contributed by atoms with Crippen molar-refractivity contribution in [2.24, 2.45) is 0 Å². The molecule has 2 aromatic rings. The molecule has 12 nitrogen and oxygen atoms in total. The molecule has 0 aliphatic rings. The highest BCUT2D eigenvalue weighted by molar-refractivity contribution is 5.01. The van der Waals surface area contributed by atoms with E-state index in [0.29, 0.717) is 69.7 Å². The van der Waals surface area contributed by atoms with Crippen molar-refractivity contribution >= 4 is 0 Å². The Morgan fingerprint density at radius 2 is 1.12 bits per heavy atom. The number of aromatic nitrogens is 4. The number of aryl methyl sites for hydroxylation is 2. The minimum atomic E-state index is -0.491. The average molecular weight is 467 g/mol. The third-order valence-electron chi connectivity index (χ3n) is 5.37. The van der Waals surface area contributed by atoms with Crippen molar-refractivity contribution < 1.29 is 10.2 Å². The van der Waals surface area contributed by atoms with Crippen LogP contribution in [-0.2, 0) is 13.1 Å². The summed E-state index contributed by atoms with van der Waals surface area (Å²) < 4.78 is 2.88. The van der Waals surface area contributed by atoms with Crippen LogP contribution >= 0.6 is 0 Å². The molecule has 184 valence electrons. The molecule has 0 saturated carbocycles. The maximum absolute atomic E-state index is 12.2. The predicted molar refractivity (Wildman–Crippen MR) is 123 cm³/mol. The topological polar surface area (TPSA) is 157 Å². The fourth-order valence-corrected chi connectivity index (χ4v) is 3.46. The van der Waals surface area contributed by atoms with E-state index < -0.39 is 22.5 Å². The molecule has 33 heavy (non-hydrogen) atoms. The number of nitrogens with one attached hydrogen (secondary N) is 2. The smallest absolute Gasteiger partial charge is 0.328 e. The zero-order valence-electron chi connectivity index (χ0n) is 19.2. The molecule has 0 bridgehead atoms. The Labute approximate surface area is 190 Å². The SMILES string of the molecule is Cc1cn(CCN(CCCO)N(CCCCO)CCn2cc(C)c(=O)[nH]c2=O)c(=O)[nH]c1=O. The van der Waals surface area contributed by atoms with Crippen LogP contribution in [0.5, 0.6) is 0 Å². The monoisotopic (exact) mass is 466 g/mol. The molecule has 2 aromatic heterocycles. The minimum Gasteiger partial charge on any atom is -0.396 e. The van der Waals surface area contributed by atoms with Gasteiger partial charge >= 0.3 is 11.4 Å². The van der Waals surface area contributed by atoms with Gasteiger partial charge in [0.25, 0.3) is 11.1 Å². The summed E-state index contributed by atoms with van der Waals surface area (Å²) in [4.78, 5) is 52.2. The Hall–Kier alpha value is -2.80. The first kappa shape index (κ1) is 26.5. The van der Waals surface area contributed by atoms with Gasteiger partial charge in [-0.3, -0.25) is 28.7 Å². The number of H-pyrrole nitrogens is 2. The van der Waals surface area contributed by atoms with Gasteiger partial charge in [-0.1, -0.05) is 0 Å². The van der Waals surface area contributed by atoms with Gasteiger partial charge < -0.3 is 10.2 Å². The number of aliphatic hydroxyl groups excluding tert-OH is 2. The van der Waals surface area contributed by atoms with E-state index in [1.54, 1.807) is 13.8 Å². The lowest BCUT2D eigenvalue weighted by atomic mass is 10.3. The number of rotatable bonds is 14. The van der Waals surface area contributed by atoms with Crippen LogP contribution in [-0.4, -0.2) is 78.7 Å². The van der Waals surface area contributed by atoms with E-state index in [0.717, 1.165) is 0 Å². The number of unbranched alkanes of at least 4 members (excludes halogenated alkanes) is 1. The average Bonchev–Trinajstić information content (AvgIpc) is 2.77. The third kappa shape index (κ3) is 7.93. The van der Waals surface area contributed by atoms with Gasteiger partial charge in [-0.15, -0.1) is 0 Å². The van der Waals surface area contributed by atoms with E-state index in [1.165, 1.54) is 21.5 Å². The van der Waals surface area contributed by atoms with E-state index in [-0.39, 0.29) is 13.2 Å². The normalized spacial score (nSPS) is 11.6. The molecule has 2 rings (SSSR count). The number of aliphatic hydroxyl groups is 2. The molecule has 12 heteroatoms. The lowest BCUT2D eigenvalue weighted by Crippen LogP contribution is -2.48. The number of aromatic amines is 2. The summed E-state index contributed by atoms with van der Waals surface area (Å²) in [5.74, 6) is 0. The summed E-state index contributed by atoms with van der Waals surface area (Å²) in [6.07, 6.45) is 4.87. The summed E-state index contributed by atoms with van der Waals surface area (Å²) in [5, 5.41) is 22.6. The first-order chi connectivity index (χ1) is 15.8. The zero-order valence-corrected chi connectivity index (χ0v) is 19.2. The zero-order chi connectivity index (χ0) is 24.4. The summed E-state index contributed by atoms with van der Waals surface area (Å²) >= 11 is 0. The summed E-state index contributed by atoms with van der Waals surface area (Å²) in [6.45, 7) is 5.96. The number of nitrogens with zero attached hydrogens (tertiary/aromatic N) is 4. The maximum Gasteiger partial charge on any atom is 0.328 e. The first-order valence-corrected chi connectivity index (χ1v) is 11.1. The van der Waals surface area contributed by atoms with Crippen molar-refractivity contribution in [2.75, 3.05) is 39.4 Å². The Kier molecular flexibility index (Phi) is 10.5. The van der Waals surface area contributed by atoms with Crippen molar-refractivity contribution in [3.63, 3.8) is 0 Å². The molecule has 0 radical (unpaired) electrons. The van der Waals surface area contributed by atoms with E-state index in [2.05, 4.69) is 9.97 Å². The molecule has 0 atom stereocenters. The predicted octanol–water partition coefficient (Wildman–Crippen LogP) is -1.62. The Bertz CT molecular complexity index is 1120. The van der Waals surface area contributed by atoms with Crippen LogP contribution in [0.2, 0.25) is 0 Å². The van der Waals surface area contributed by atoms with Crippen LogP contribution in [0.15, 0.2) is 31.6 Å². The Balaban J connectivity index is 2.20. The van der Waals surface area contributed by atoms with Crippen molar-refractivity contribution in [3.8, 4) is 0 Å². The quantitative estimate of drug-likeness (QED) is 0.191. The van der Waals surface area contributed by atoms with Gasteiger partial charge in [-0.25, -0.2) is 19.6 Å². The van der Waals surface area contributed by atoms with E-state index in [4.69, 9.17) is 0 Å². The Morgan fingerprint density at radius 1 is 0.697 bits per heavy atom. The molecule has 2 heterocycles. The summed E-state index contributed by atoms with van der Waals surface area (Å²) in [5.41, 5.74) is -0.939. The molecule has 0 aromatic carbocycles. The molecule has 0 fully saturated rings. The lowest BCUT2D eigenvalue weighted by molar-refractivity contribution is -0.0362. The molecule has 0 aliphatic heterocycles. The molecule has 0 amide bonds. The van der Waals surface area contributed by atoms with Gasteiger partial charge in [0.05, 0.1) is 0 Å². The van der Waals surface area contributed by atoms with E-state index in [9.17, 15) is 29.4 Å². The Morgan fingerprint density at radius 3 is 1.55 bits per heavy atom. The van der Waals surface area contributed by atoms with Crippen LogP contribution in [0.25, 0.3) is 0 Å². The highest BCUT2D eigenvalue weighted by Gasteiger charge is 2.16. The second-order valence-electron chi connectivity index (χ2n) is 7.94. The molecule has 0 saturated heterocycles. The molecule has 0 spiro atoms. The summed E-state index contributed by atoms with van der Waals surface area (Å²) in [6, 6.07) is 0.